The fourth-order valence-corrected chi connectivity index (χ4v) is 1.93. The first-order valence-electron chi connectivity index (χ1n) is 6.35. The summed E-state index contributed by atoms with van der Waals surface area (Å²) in [5.74, 6) is 0.587. The standard InChI is InChI=1S/C15H23Cl/c1-4-13-8-10-14(11-9-13)6-5-7-15(16)12(2)3/h8-12,15H,4-7H2,1-3H3. The molecule has 0 aromatic heterocycles. The minimum atomic E-state index is 0.329. The summed E-state index contributed by atoms with van der Waals surface area (Å²) in [5, 5.41) is 0.329. The third-order valence-corrected chi connectivity index (χ3v) is 3.82. The highest BCUT2D eigenvalue weighted by atomic mass is 35.5. The minimum Gasteiger partial charge on any atom is -0.123 e. The van der Waals surface area contributed by atoms with E-state index in [0.717, 1.165) is 19.3 Å². The van der Waals surface area contributed by atoms with Gasteiger partial charge in [0.2, 0.25) is 0 Å². The first-order chi connectivity index (χ1) is 7.63. The van der Waals surface area contributed by atoms with Gasteiger partial charge in [0, 0.05) is 5.38 Å². The van der Waals surface area contributed by atoms with Crippen LogP contribution in [0.5, 0.6) is 0 Å². The van der Waals surface area contributed by atoms with Gasteiger partial charge in [0.05, 0.1) is 0 Å². The first-order valence-corrected chi connectivity index (χ1v) is 6.79. The molecule has 0 aliphatic carbocycles. The fraction of sp³-hybridized carbons (Fsp3) is 0.600. The highest BCUT2D eigenvalue weighted by Gasteiger charge is 2.08. The van der Waals surface area contributed by atoms with Crippen molar-refractivity contribution in [3.05, 3.63) is 35.4 Å². The Balaban J connectivity index is 2.31. The largest absolute Gasteiger partial charge is 0.123 e. The topological polar surface area (TPSA) is 0 Å². The Labute approximate surface area is 105 Å². The third kappa shape index (κ3) is 4.57. The Kier molecular flexibility index (Phi) is 5.90. The van der Waals surface area contributed by atoms with Crippen molar-refractivity contribution in [1.82, 2.24) is 0 Å². The van der Waals surface area contributed by atoms with E-state index in [1.165, 1.54) is 17.5 Å². The van der Waals surface area contributed by atoms with Crippen LogP contribution in [0.2, 0.25) is 0 Å². The molecule has 0 radical (unpaired) electrons. The zero-order chi connectivity index (χ0) is 12.0. The van der Waals surface area contributed by atoms with Gasteiger partial charge in [-0.15, -0.1) is 11.6 Å². The SMILES string of the molecule is CCc1ccc(CCCC(Cl)C(C)C)cc1. The van der Waals surface area contributed by atoms with Gasteiger partial charge < -0.3 is 0 Å². The normalized spacial score (nSPS) is 13.1. The van der Waals surface area contributed by atoms with Crippen LogP contribution < -0.4 is 0 Å². The van der Waals surface area contributed by atoms with E-state index in [4.69, 9.17) is 11.6 Å². The zero-order valence-electron chi connectivity index (χ0n) is 10.7. The van der Waals surface area contributed by atoms with Crippen LogP contribution in [0, 0.1) is 5.92 Å². The number of alkyl halides is 1. The zero-order valence-corrected chi connectivity index (χ0v) is 11.4. The molecule has 90 valence electrons. The van der Waals surface area contributed by atoms with Crippen molar-refractivity contribution < 1.29 is 0 Å². The van der Waals surface area contributed by atoms with Gasteiger partial charge in [0.25, 0.3) is 0 Å². The first kappa shape index (κ1) is 13.6. The minimum absolute atomic E-state index is 0.329. The van der Waals surface area contributed by atoms with Crippen LogP contribution in [0.3, 0.4) is 0 Å². The van der Waals surface area contributed by atoms with Crippen LogP contribution in [0.1, 0.15) is 44.7 Å². The molecule has 1 aromatic carbocycles. The van der Waals surface area contributed by atoms with Crippen molar-refractivity contribution in [2.45, 2.75) is 51.8 Å². The molecular weight excluding hydrogens is 216 g/mol. The molecule has 0 saturated heterocycles. The Morgan fingerprint density at radius 1 is 1.06 bits per heavy atom. The molecule has 1 aromatic rings. The summed E-state index contributed by atoms with van der Waals surface area (Å²) in [6.45, 7) is 6.57. The van der Waals surface area contributed by atoms with Crippen LogP contribution in [0.15, 0.2) is 24.3 Å². The molecule has 0 spiro atoms. The van der Waals surface area contributed by atoms with Gasteiger partial charge in [-0.1, -0.05) is 45.0 Å². The average Bonchev–Trinajstić information content (AvgIpc) is 2.29. The van der Waals surface area contributed by atoms with Gasteiger partial charge >= 0.3 is 0 Å². The summed E-state index contributed by atoms with van der Waals surface area (Å²) in [5.41, 5.74) is 2.85. The molecule has 0 saturated carbocycles. The van der Waals surface area contributed by atoms with Gasteiger partial charge in [-0.25, -0.2) is 0 Å². The lowest BCUT2D eigenvalue weighted by molar-refractivity contribution is 0.547. The quantitative estimate of drug-likeness (QED) is 0.623. The number of rotatable bonds is 6. The second kappa shape index (κ2) is 6.96. The van der Waals surface area contributed by atoms with E-state index < -0.39 is 0 Å². The number of hydrogen-bond acceptors (Lipinski definition) is 0. The molecular formula is C15H23Cl. The Morgan fingerprint density at radius 2 is 1.62 bits per heavy atom. The van der Waals surface area contributed by atoms with Crippen LogP contribution in [-0.2, 0) is 12.8 Å². The lowest BCUT2D eigenvalue weighted by atomic mass is 10.0. The molecule has 0 aliphatic rings. The summed E-state index contributed by atoms with van der Waals surface area (Å²) < 4.78 is 0. The lowest BCUT2D eigenvalue weighted by Crippen LogP contribution is -2.07. The summed E-state index contributed by atoms with van der Waals surface area (Å²) in [7, 11) is 0. The highest BCUT2D eigenvalue weighted by Crippen LogP contribution is 2.17. The third-order valence-electron chi connectivity index (χ3n) is 3.10. The molecule has 0 aliphatic heterocycles. The van der Waals surface area contributed by atoms with Gasteiger partial charge in [-0.2, -0.15) is 0 Å². The lowest BCUT2D eigenvalue weighted by Gasteiger charge is -2.12. The summed E-state index contributed by atoms with van der Waals surface area (Å²) in [6.07, 6.45) is 4.59. The number of aryl methyl sites for hydroxylation is 2. The van der Waals surface area contributed by atoms with Crippen molar-refractivity contribution in [3.8, 4) is 0 Å². The van der Waals surface area contributed by atoms with E-state index in [-0.39, 0.29) is 0 Å². The maximum absolute atomic E-state index is 6.23. The summed E-state index contributed by atoms with van der Waals surface area (Å²) >= 11 is 6.23. The molecule has 16 heavy (non-hydrogen) atoms. The predicted octanol–water partition coefficient (Wildman–Crippen LogP) is 4.84. The number of benzene rings is 1. The van der Waals surface area contributed by atoms with Crippen molar-refractivity contribution in [1.29, 1.82) is 0 Å². The summed E-state index contributed by atoms with van der Waals surface area (Å²) in [4.78, 5) is 0. The van der Waals surface area contributed by atoms with Gasteiger partial charge in [0.15, 0.2) is 0 Å². The van der Waals surface area contributed by atoms with Gasteiger partial charge in [-0.05, 0) is 42.7 Å². The molecule has 0 fully saturated rings. The average molecular weight is 239 g/mol. The predicted molar refractivity (Wildman–Crippen MR) is 73.2 cm³/mol. The van der Waals surface area contributed by atoms with E-state index in [1.54, 1.807) is 0 Å². The van der Waals surface area contributed by atoms with Crippen LogP contribution in [0.4, 0.5) is 0 Å². The molecule has 1 rings (SSSR count). The van der Waals surface area contributed by atoms with Gasteiger partial charge in [0.1, 0.15) is 0 Å². The monoisotopic (exact) mass is 238 g/mol. The van der Waals surface area contributed by atoms with E-state index in [1.807, 2.05) is 0 Å². The van der Waals surface area contributed by atoms with Crippen LogP contribution in [0.25, 0.3) is 0 Å². The van der Waals surface area contributed by atoms with Crippen molar-refractivity contribution in [2.24, 2.45) is 5.92 Å². The molecule has 1 atom stereocenters. The Bertz CT molecular complexity index is 287. The second-order valence-corrected chi connectivity index (χ2v) is 5.38. The van der Waals surface area contributed by atoms with E-state index in [2.05, 4.69) is 45.0 Å². The van der Waals surface area contributed by atoms with E-state index in [9.17, 15) is 0 Å². The van der Waals surface area contributed by atoms with Crippen molar-refractivity contribution in [3.63, 3.8) is 0 Å². The summed E-state index contributed by atoms with van der Waals surface area (Å²) in [6, 6.07) is 8.96. The van der Waals surface area contributed by atoms with E-state index in [0.29, 0.717) is 11.3 Å². The second-order valence-electron chi connectivity index (χ2n) is 4.82. The Hall–Kier alpha value is -0.490. The molecule has 0 N–H and O–H groups in total. The maximum Gasteiger partial charge on any atom is 0.0359 e. The smallest absolute Gasteiger partial charge is 0.0359 e. The molecule has 1 heteroatoms. The molecule has 0 bridgehead atoms. The maximum atomic E-state index is 6.23. The van der Waals surface area contributed by atoms with Gasteiger partial charge in [-0.3, -0.25) is 0 Å². The molecule has 0 nitrogen and oxygen atoms in total. The Morgan fingerprint density at radius 3 is 2.12 bits per heavy atom. The highest BCUT2D eigenvalue weighted by molar-refractivity contribution is 6.20. The molecule has 0 heterocycles. The molecule has 1 unspecified atom stereocenters. The molecule has 0 amide bonds. The van der Waals surface area contributed by atoms with Crippen LogP contribution >= 0.6 is 11.6 Å². The van der Waals surface area contributed by atoms with E-state index >= 15 is 0 Å². The fourth-order valence-electron chi connectivity index (χ4n) is 1.78. The number of hydrogen-bond donors (Lipinski definition) is 0. The number of halogens is 1. The van der Waals surface area contributed by atoms with Crippen LogP contribution in [-0.4, -0.2) is 5.38 Å². The van der Waals surface area contributed by atoms with Crippen molar-refractivity contribution in [2.75, 3.05) is 0 Å². The van der Waals surface area contributed by atoms with Crippen molar-refractivity contribution >= 4 is 11.6 Å².